The molecule has 1 aliphatic heterocycles. The maximum absolute atomic E-state index is 12.0. The first-order chi connectivity index (χ1) is 8.79. The first-order valence-corrected chi connectivity index (χ1v) is 6.12. The number of benzene rings is 1. The van der Waals surface area contributed by atoms with E-state index < -0.39 is 6.10 Å². The molecule has 0 saturated carbocycles. The summed E-state index contributed by atoms with van der Waals surface area (Å²) in [5.41, 5.74) is 1.16. The molecule has 1 amide bonds. The van der Waals surface area contributed by atoms with Crippen molar-refractivity contribution in [1.82, 2.24) is 4.90 Å². The van der Waals surface area contributed by atoms with Gasteiger partial charge < -0.3 is 9.64 Å². The molecule has 94 valence electrons. The summed E-state index contributed by atoms with van der Waals surface area (Å²) >= 11 is 0. The van der Waals surface area contributed by atoms with Gasteiger partial charge in [0, 0.05) is 13.0 Å². The summed E-state index contributed by atoms with van der Waals surface area (Å²) in [6, 6.07) is 12.0. The molecule has 1 aromatic rings. The molecule has 1 saturated heterocycles. The molecule has 0 aromatic heterocycles. The Hall–Kier alpha value is -1.86. The minimum absolute atomic E-state index is 0.0994. The van der Waals surface area contributed by atoms with E-state index in [1.54, 1.807) is 4.90 Å². The lowest BCUT2D eigenvalue weighted by Gasteiger charge is -2.29. The van der Waals surface area contributed by atoms with E-state index in [0.717, 1.165) is 12.0 Å². The molecular weight excluding hydrogens is 228 g/mol. The van der Waals surface area contributed by atoms with Crippen LogP contribution in [0.3, 0.4) is 0 Å². The smallest absolute Gasteiger partial charge is 0.223 e. The molecule has 1 fully saturated rings. The summed E-state index contributed by atoms with van der Waals surface area (Å²) in [4.78, 5) is 13.7. The predicted molar refractivity (Wildman–Crippen MR) is 66.7 cm³/mol. The summed E-state index contributed by atoms with van der Waals surface area (Å²) in [5.74, 6) is 0.0994. The number of hydrogen-bond donors (Lipinski definition) is 0. The normalized spacial score (nSPS) is 19.3. The van der Waals surface area contributed by atoms with Crippen molar-refractivity contribution in [3.05, 3.63) is 35.9 Å². The maximum atomic E-state index is 12.0. The fourth-order valence-corrected chi connectivity index (χ4v) is 2.01. The average Bonchev–Trinajstić information content (AvgIpc) is 2.46. The number of carbonyl (C=O) groups excluding carboxylic acids is 1. The highest BCUT2D eigenvalue weighted by Gasteiger charge is 2.23. The van der Waals surface area contributed by atoms with Gasteiger partial charge in [-0.2, -0.15) is 5.26 Å². The Morgan fingerprint density at radius 2 is 2.22 bits per heavy atom. The average molecular weight is 244 g/mol. The Balaban J connectivity index is 1.83. The summed E-state index contributed by atoms with van der Waals surface area (Å²) < 4.78 is 5.22. The molecular formula is C14H16N2O2. The van der Waals surface area contributed by atoms with Crippen LogP contribution < -0.4 is 0 Å². The predicted octanol–water partition coefficient (Wildman–Crippen LogP) is 1.37. The van der Waals surface area contributed by atoms with E-state index in [1.807, 2.05) is 36.4 Å². The minimum Gasteiger partial charge on any atom is -0.360 e. The Morgan fingerprint density at radius 1 is 1.44 bits per heavy atom. The van der Waals surface area contributed by atoms with E-state index in [-0.39, 0.29) is 5.91 Å². The monoisotopic (exact) mass is 244 g/mol. The van der Waals surface area contributed by atoms with Gasteiger partial charge in [0.2, 0.25) is 5.91 Å². The molecule has 2 rings (SSSR count). The van der Waals surface area contributed by atoms with Crippen LogP contribution >= 0.6 is 0 Å². The van der Waals surface area contributed by atoms with Gasteiger partial charge in [-0.25, -0.2) is 0 Å². The molecule has 18 heavy (non-hydrogen) atoms. The molecule has 1 aliphatic rings. The zero-order valence-corrected chi connectivity index (χ0v) is 10.2. The quantitative estimate of drug-likeness (QED) is 0.807. The lowest BCUT2D eigenvalue weighted by Crippen LogP contribution is -2.45. The summed E-state index contributed by atoms with van der Waals surface area (Å²) in [6.45, 7) is 1.44. The third-order valence-electron chi connectivity index (χ3n) is 3.03. The van der Waals surface area contributed by atoms with E-state index in [2.05, 4.69) is 0 Å². The summed E-state index contributed by atoms with van der Waals surface area (Å²) in [6.07, 6.45) is 0.760. The Kier molecular flexibility index (Phi) is 4.32. The molecule has 0 N–H and O–H groups in total. The van der Waals surface area contributed by atoms with Gasteiger partial charge in [-0.05, 0) is 12.0 Å². The van der Waals surface area contributed by atoms with E-state index in [4.69, 9.17) is 10.00 Å². The van der Waals surface area contributed by atoms with Crippen LogP contribution in [0.2, 0.25) is 0 Å². The van der Waals surface area contributed by atoms with Crippen molar-refractivity contribution in [2.75, 3.05) is 19.7 Å². The second-order valence-electron chi connectivity index (χ2n) is 4.31. The first kappa shape index (κ1) is 12.6. The number of carbonyl (C=O) groups is 1. The van der Waals surface area contributed by atoms with E-state index in [1.165, 1.54) is 0 Å². The van der Waals surface area contributed by atoms with Crippen molar-refractivity contribution in [3.63, 3.8) is 0 Å². The van der Waals surface area contributed by atoms with E-state index >= 15 is 0 Å². The number of hydrogen-bond acceptors (Lipinski definition) is 3. The second-order valence-corrected chi connectivity index (χ2v) is 4.31. The summed E-state index contributed by atoms with van der Waals surface area (Å²) in [5, 5.41) is 8.79. The molecule has 1 aromatic carbocycles. The van der Waals surface area contributed by atoms with Gasteiger partial charge in [0.1, 0.15) is 0 Å². The Morgan fingerprint density at radius 3 is 2.94 bits per heavy atom. The number of aryl methyl sites for hydroxylation is 1. The van der Waals surface area contributed by atoms with Crippen LogP contribution in [0.15, 0.2) is 30.3 Å². The third-order valence-corrected chi connectivity index (χ3v) is 3.03. The minimum atomic E-state index is -0.473. The van der Waals surface area contributed by atoms with Crippen molar-refractivity contribution in [2.45, 2.75) is 18.9 Å². The van der Waals surface area contributed by atoms with Crippen molar-refractivity contribution >= 4 is 5.91 Å². The number of nitriles is 1. The van der Waals surface area contributed by atoms with Gasteiger partial charge in [0.15, 0.2) is 6.10 Å². The van der Waals surface area contributed by atoms with E-state index in [0.29, 0.717) is 26.1 Å². The molecule has 1 atom stereocenters. The van der Waals surface area contributed by atoms with Crippen LogP contribution in [-0.4, -0.2) is 36.6 Å². The largest absolute Gasteiger partial charge is 0.360 e. The lowest BCUT2D eigenvalue weighted by atomic mass is 10.1. The fraction of sp³-hybridized carbons (Fsp3) is 0.429. The van der Waals surface area contributed by atoms with Crippen molar-refractivity contribution < 1.29 is 9.53 Å². The van der Waals surface area contributed by atoms with Gasteiger partial charge in [0.05, 0.1) is 19.2 Å². The number of amides is 1. The van der Waals surface area contributed by atoms with Gasteiger partial charge >= 0.3 is 0 Å². The molecule has 1 unspecified atom stereocenters. The maximum Gasteiger partial charge on any atom is 0.223 e. The molecule has 4 nitrogen and oxygen atoms in total. The highest BCUT2D eigenvalue weighted by atomic mass is 16.5. The van der Waals surface area contributed by atoms with Crippen molar-refractivity contribution in [2.24, 2.45) is 0 Å². The number of ether oxygens (including phenoxy) is 1. The molecule has 1 heterocycles. The summed E-state index contributed by atoms with van der Waals surface area (Å²) in [7, 11) is 0. The van der Waals surface area contributed by atoms with Crippen LogP contribution in [0.5, 0.6) is 0 Å². The van der Waals surface area contributed by atoms with Crippen molar-refractivity contribution in [1.29, 1.82) is 5.26 Å². The van der Waals surface area contributed by atoms with Crippen LogP contribution in [0.1, 0.15) is 12.0 Å². The van der Waals surface area contributed by atoms with Crippen LogP contribution in [0, 0.1) is 11.3 Å². The van der Waals surface area contributed by atoms with Crippen LogP contribution in [0.4, 0.5) is 0 Å². The fourth-order valence-electron chi connectivity index (χ4n) is 2.01. The van der Waals surface area contributed by atoms with Gasteiger partial charge in [0.25, 0.3) is 0 Å². The molecule has 0 aliphatic carbocycles. The molecule has 0 spiro atoms. The second kappa shape index (κ2) is 6.18. The SMILES string of the molecule is N#CC1CN(C(=O)CCc2ccccc2)CCO1. The number of nitrogens with zero attached hydrogens (tertiary/aromatic N) is 2. The Bertz CT molecular complexity index is 439. The van der Waals surface area contributed by atoms with E-state index in [9.17, 15) is 4.79 Å². The van der Waals surface area contributed by atoms with Crippen LogP contribution in [0.25, 0.3) is 0 Å². The zero-order valence-electron chi connectivity index (χ0n) is 10.2. The first-order valence-electron chi connectivity index (χ1n) is 6.12. The number of rotatable bonds is 3. The third kappa shape index (κ3) is 3.31. The zero-order chi connectivity index (χ0) is 12.8. The van der Waals surface area contributed by atoms with Gasteiger partial charge in [-0.3, -0.25) is 4.79 Å². The highest BCUT2D eigenvalue weighted by Crippen LogP contribution is 2.09. The van der Waals surface area contributed by atoms with Gasteiger partial charge in [-0.1, -0.05) is 30.3 Å². The molecule has 0 radical (unpaired) electrons. The van der Waals surface area contributed by atoms with Crippen molar-refractivity contribution in [3.8, 4) is 6.07 Å². The molecule has 0 bridgehead atoms. The van der Waals surface area contributed by atoms with Gasteiger partial charge in [-0.15, -0.1) is 0 Å². The Labute approximate surface area is 107 Å². The lowest BCUT2D eigenvalue weighted by molar-refractivity contribution is -0.136. The topological polar surface area (TPSA) is 53.3 Å². The molecule has 4 heteroatoms. The standard InChI is InChI=1S/C14H16N2O2/c15-10-13-11-16(8-9-18-13)14(17)7-6-12-4-2-1-3-5-12/h1-5,13H,6-9,11H2. The van der Waals surface area contributed by atoms with Crippen LogP contribution in [-0.2, 0) is 16.0 Å². The number of morpholine rings is 1. The highest BCUT2D eigenvalue weighted by molar-refractivity contribution is 5.76.